The molecule has 1 aliphatic heterocycles. The molecule has 8 heteroatoms. The standard InChI is InChI=1S/C15H22N6O2/c1-22-12-6-11(7-21-5-4-13(16)18-21)20(8-12)9-14-17-15(23-19-14)10-2-3-10/h4-5,10-12H,2-3,6-9H2,1H3,(H2,16,18)/t11-,12-/m0/s1. The van der Waals surface area contributed by atoms with Crippen molar-refractivity contribution in [2.45, 2.75) is 50.4 Å². The third-order valence-corrected chi connectivity index (χ3v) is 4.64. The second kappa shape index (κ2) is 5.93. The van der Waals surface area contributed by atoms with Crippen LogP contribution in [0.4, 0.5) is 5.82 Å². The summed E-state index contributed by atoms with van der Waals surface area (Å²) in [6, 6.07) is 2.14. The fourth-order valence-electron chi connectivity index (χ4n) is 3.20. The van der Waals surface area contributed by atoms with E-state index in [-0.39, 0.29) is 6.10 Å². The molecule has 8 nitrogen and oxygen atoms in total. The molecule has 2 aliphatic rings. The van der Waals surface area contributed by atoms with Gasteiger partial charge in [0.1, 0.15) is 5.82 Å². The summed E-state index contributed by atoms with van der Waals surface area (Å²) in [7, 11) is 1.76. The highest BCUT2D eigenvalue weighted by Gasteiger charge is 2.34. The minimum Gasteiger partial charge on any atom is -0.382 e. The summed E-state index contributed by atoms with van der Waals surface area (Å²) in [6.45, 7) is 2.33. The van der Waals surface area contributed by atoms with Crippen molar-refractivity contribution in [2.75, 3.05) is 19.4 Å². The van der Waals surface area contributed by atoms with Gasteiger partial charge in [-0.1, -0.05) is 5.16 Å². The van der Waals surface area contributed by atoms with Crippen molar-refractivity contribution in [2.24, 2.45) is 0 Å². The highest BCUT2D eigenvalue weighted by molar-refractivity contribution is 5.23. The van der Waals surface area contributed by atoms with E-state index in [0.717, 1.165) is 31.2 Å². The highest BCUT2D eigenvalue weighted by Crippen LogP contribution is 2.39. The van der Waals surface area contributed by atoms with E-state index in [9.17, 15) is 0 Å². The Morgan fingerprint density at radius 2 is 2.30 bits per heavy atom. The molecule has 0 radical (unpaired) electrons. The van der Waals surface area contributed by atoms with Gasteiger partial charge in [0.15, 0.2) is 5.82 Å². The van der Waals surface area contributed by atoms with Gasteiger partial charge in [-0.05, 0) is 25.3 Å². The summed E-state index contributed by atoms with van der Waals surface area (Å²) < 4.78 is 12.8. The number of likely N-dealkylation sites (tertiary alicyclic amines) is 1. The Hall–Kier alpha value is -1.93. The fourth-order valence-corrected chi connectivity index (χ4v) is 3.20. The molecular formula is C15H22N6O2. The third-order valence-electron chi connectivity index (χ3n) is 4.64. The van der Waals surface area contributed by atoms with E-state index >= 15 is 0 Å². The molecule has 124 valence electrons. The smallest absolute Gasteiger partial charge is 0.229 e. The van der Waals surface area contributed by atoms with E-state index in [0.29, 0.717) is 24.3 Å². The zero-order chi connectivity index (χ0) is 15.8. The van der Waals surface area contributed by atoms with Crippen LogP contribution in [0.5, 0.6) is 0 Å². The van der Waals surface area contributed by atoms with Crippen LogP contribution in [0.25, 0.3) is 0 Å². The van der Waals surface area contributed by atoms with Crippen molar-refractivity contribution in [3.8, 4) is 0 Å². The first-order valence-electron chi connectivity index (χ1n) is 8.09. The number of aromatic nitrogens is 4. The molecule has 0 unspecified atom stereocenters. The van der Waals surface area contributed by atoms with Gasteiger partial charge in [0, 0.05) is 31.8 Å². The van der Waals surface area contributed by atoms with Crippen LogP contribution in [0.3, 0.4) is 0 Å². The molecule has 2 N–H and O–H groups in total. The maximum absolute atomic E-state index is 5.70. The summed E-state index contributed by atoms with van der Waals surface area (Å²) in [5.41, 5.74) is 5.70. The van der Waals surface area contributed by atoms with Crippen molar-refractivity contribution in [3.63, 3.8) is 0 Å². The molecule has 23 heavy (non-hydrogen) atoms. The Balaban J connectivity index is 1.44. The van der Waals surface area contributed by atoms with E-state index < -0.39 is 0 Å². The Morgan fingerprint density at radius 3 is 3.00 bits per heavy atom. The average molecular weight is 318 g/mol. The molecule has 2 fully saturated rings. The predicted octanol–water partition coefficient (Wildman–Crippen LogP) is 1.02. The third kappa shape index (κ3) is 3.23. The number of nitrogens with zero attached hydrogens (tertiary/aromatic N) is 5. The van der Waals surface area contributed by atoms with Crippen molar-refractivity contribution in [3.05, 3.63) is 24.0 Å². The first-order chi connectivity index (χ1) is 11.2. The lowest BCUT2D eigenvalue weighted by Crippen LogP contribution is -2.33. The zero-order valence-corrected chi connectivity index (χ0v) is 13.3. The van der Waals surface area contributed by atoms with Gasteiger partial charge in [-0.2, -0.15) is 10.1 Å². The van der Waals surface area contributed by atoms with Gasteiger partial charge in [0.25, 0.3) is 0 Å². The molecule has 2 atom stereocenters. The van der Waals surface area contributed by atoms with Crippen molar-refractivity contribution >= 4 is 5.82 Å². The van der Waals surface area contributed by atoms with Crippen LogP contribution in [-0.2, 0) is 17.8 Å². The van der Waals surface area contributed by atoms with Gasteiger partial charge in [-0.25, -0.2) is 0 Å². The molecule has 3 heterocycles. The summed E-state index contributed by atoms with van der Waals surface area (Å²) in [5, 5.41) is 8.41. The Kier molecular flexibility index (Phi) is 3.78. The first-order valence-corrected chi connectivity index (χ1v) is 8.09. The number of anilines is 1. The number of methoxy groups -OCH3 is 1. The molecular weight excluding hydrogens is 296 g/mol. The number of ether oxygens (including phenoxy) is 1. The highest BCUT2D eigenvalue weighted by atomic mass is 16.5. The Morgan fingerprint density at radius 1 is 1.43 bits per heavy atom. The second-order valence-electron chi connectivity index (χ2n) is 6.46. The Labute approximate surface area is 134 Å². The largest absolute Gasteiger partial charge is 0.382 e. The van der Waals surface area contributed by atoms with E-state index in [1.807, 2.05) is 16.9 Å². The average Bonchev–Trinajstić information content (AvgIpc) is 2.96. The molecule has 0 bridgehead atoms. The molecule has 0 aromatic carbocycles. The molecule has 1 saturated heterocycles. The van der Waals surface area contributed by atoms with Crippen LogP contribution in [0.2, 0.25) is 0 Å². The maximum Gasteiger partial charge on any atom is 0.229 e. The van der Waals surface area contributed by atoms with Crippen molar-refractivity contribution in [1.82, 2.24) is 24.8 Å². The van der Waals surface area contributed by atoms with E-state index in [1.54, 1.807) is 7.11 Å². The zero-order valence-electron chi connectivity index (χ0n) is 13.3. The number of nitrogen functional groups attached to an aromatic ring is 1. The van der Waals surface area contributed by atoms with Gasteiger partial charge in [-0.3, -0.25) is 9.58 Å². The van der Waals surface area contributed by atoms with Crippen molar-refractivity contribution in [1.29, 1.82) is 0 Å². The number of rotatable bonds is 6. The lowest BCUT2D eigenvalue weighted by molar-refractivity contribution is 0.106. The second-order valence-corrected chi connectivity index (χ2v) is 6.46. The SMILES string of the molecule is CO[C@H]1C[C@@H](Cn2ccc(N)n2)N(Cc2noc(C3CC3)n2)C1. The van der Waals surface area contributed by atoms with Gasteiger partial charge in [0.2, 0.25) is 5.89 Å². The number of hydrogen-bond acceptors (Lipinski definition) is 7. The molecule has 4 rings (SSSR count). The molecule has 0 amide bonds. The maximum atomic E-state index is 5.70. The van der Waals surface area contributed by atoms with Crippen LogP contribution in [0, 0.1) is 0 Å². The first kappa shape index (κ1) is 14.6. The fraction of sp³-hybridized carbons (Fsp3) is 0.667. The quantitative estimate of drug-likeness (QED) is 0.849. The summed E-state index contributed by atoms with van der Waals surface area (Å²) in [6.07, 6.45) is 5.43. The molecule has 0 spiro atoms. The molecule has 2 aromatic heterocycles. The van der Waals surface area contributed by atoms with Gasteiger partial charge in [-0.15, -0.1) is 0 Å². The lowest BCUT2D eigenvalue weighted by Gasteiger charge is -2.22. The summed E-state index contributed by atoms with van der Waals surface area (Å²) >= 11 is 0. The lowest BCUT2D eigenvalue weighted by atomic mass is 10.2. The van der Waals surface area contributed by atoms with Crippen LogP contribution in [0.1, 0.15) is 36.9 Å². The molecule has 2 aromatic rings. The number of nitrogens with two attached hydrogens (primary N) is 1. The van der Waals surface area contributed by atoms with E-state index in [4.69, 9.17) is 15.0 Å². The number of hydrogen-bond donors (Lipinski definition) is 1. The van der Waals surface area contributed by atoms with Crippen molar-refractivity contribution < 1.29 is 9.26 Å². The van der Waals surface area contributed by atoms with Gasteiger partial charge >= 0.3 is 0 Å². The van der Waals surface area contributed by atoms with Crippen LogP contribution in [0.15, 0.2) is 16.8 Å². The summed E-state index contributed by atoms with van der Waals surface area (Å²) in [4.78, 5) is 6.87. The van der Waals surface area contributed by atoms with Gasteiger partial charge < -0.3 is 15.0 Å². The van der Waals surface area contributed by atoms with Gasteiger partial charge in [0.05, 0.1) is 19.2 Å². The molecule has 1 saturated carbocycles. The van der Waals surface area contributed by atoms with E-state index in [1.165, 1.54) is 12.8 Å². The Bertz CT molecular complexity index is 664. The van der Waals surface area contributed by atoms with Crippen LogP contribution in [-0.4, -0.2) is 50.6 Å². The molecule has 1 aliphatic carbocycles. The monoisotopic (exact) mass is 318 g/mol. The van der Waals surface area contributed by atoms with E-state index in [2.05, 4.69) is 20.1 Å². The minimum absolute atomic E-state index is 0.225. The summed E-state index contributed by atoms with van der Waals surface area (Å²) in [5.74, 6) is 2.59. The van der Waals surface area contributed by atoms with Crippen LogP contribution >= 0.6 is 0 Å². The normalized spacial score (nSPS) is 25.3. The topological polar surface area (TPSA) is 95.2 Å². The minimum atomic E-state index is 0.225. The van der Waals surface area contributed by atoms with Crippen LogP contribution < -0.4 is 5.73 Å². The predicted molar refractivity (Wildman–Crippen MR) is 82.5 cm³/mol.